The minimum Gasteiger partial charge on any atom is -0.344 e. The van der Waals surface area contributed by atoms with Gasteiger partial charge in [0.25, 0.3) is 0 Å². The average molecular weight is 388 g/mol. The second kappa shape index (κ2) is 8.80. The molecule has 0 saturated carbocycles. The first-order chi connectivity index (χ1) is 13.2. The van der Waals surface area contributed by atoms with Gasteiger partial charge < -0.3 is 9.47 Å². The maximum Gasteiger partial charge on any atom is 0.211 e. The molecular formula is C21H29N3O2S. The number of likely N-dealkylation sites (tertiary alicyclic amines) is 1. The molecule has 1 aromatic carbocycles. The van der Waals surface area contributed by atoms with Crippen molar-refractivity contribution >= 4 is 11.3 Å². The molecule has 0 amide bonds. The highest BCUT2D eigenvalue weighted by atomic mass is 32.1. The Kier molecular flexibility index (Phi) is 6.20. The Morgan fingerprint density at radius 1 is 1.22 bits per heavy atom. The molecule has 0 N–H and O–H groups in total. The zero-order chi connectivity index (χ0) is 18.6. The second-order valence-electron chi connectivity index (χ2n) is 7.71. The van der Waals surface area contributed by atoms with E-state index in [2.05, 4.69) is 59.1 Å². The lowest BCUT2D eigenvalue weighted by atomic mass is 9.92. The summed E-state index contributed by atoms with van der Waals surface area (Å²) in [7, 11) is 2.25. The molecule has 0 radical (unpaired) electrons. The van der Waals surface area contributed by atoms with Crippen molar-refractivity contribution < 1.29 is 9.47 Å². The molecule has 0 aliphatic carbocycles. The molecule has 3 heterocycles. The van der Waals surface area contributed by atoms with Crippen LogP contribution in [0.25, 0.3) is 0 Å². The van der Waals surface area contributed by atoms with Gasteiger partial charge in [0.2, 0.25) is 6.29 Å². The van der Waals surface area contributed by atoms with E-state index >= 15 is 0 Å². The van der Waals surface area contributed by atoms with E-state index in [1.54, 1.807) is 11.3 Å². The number of thiazole rings is 1. The molecule has 2 fully saturated rings. The van der Waals surface area contributed by atoms with Crippen molar-refractivity contribution in [2.45, 2.75) is 38.8 Å². The Balaban J connectivity index is 1.30. The number of ether oxygens (including phenoxy) is 2. The fraction of sp³-hybridized carbons (Fsp3) is 0.571. The van der Waals surface area contributed by atoms with Gasteiger partial charge in [0.15, 0.2) is 0 Å². The van der Waals surface area contributed by atoms with Crippen LogP contribution in [-0.2, 0) is 22.6 Å². The summed E-state index contributed by atoms with van der Waals surface area (Å²) in [4.78, 5) is 10.9. The van der Waals surface area contributed by atoms with E-state index in [9.17, 15) is 0 Å². The number of piperidine rings is 1. The minimum absolute atomic E-state index is 0.255. The van der Waals surface area contributed by atoms with Gasteiger partial charge in [-0.05, 0) is 31.5 Å². The van der Waals surface area contributed by atoms with Crippen LogP contribution < -0.4 is 0 Å². The van der Waals surface area contributed by atoms with Crippen LogP contribution in [0.2, 0.25) is 0 Å². The molecule has 4 rings (SSSR count). The van der Waals surface area contributed by atoms with E-state index in [4.69, 9.17) is 9.47 Å². The maximum atomic E-state index is 5.56. The van der Waals surface area contributed by atoms with Gasteiger partial charge in [0.05, 0.1) is 13.2 Å². The van der Waals surface area contributed by atoms with E-state index < -0.39 is 0 Å². The lowest BCUT2D eigenvalue weighted by Gasteiger charge is -2.41. The Hall–Kier alpha value is -1.31. The zero-order valence-corrected chi connectivity index (χ0v) is 17.0. The number of nitrogens with zero attached hydrogens (tertiary/aromatic N) is 3. The van der Waals surface area contributed by atoms with E-state index in [1.165, 1.54) is 16.9 Å². The van der Waals surface area contributed by atoms with Gasteiger partial charge in [0, 0.05) is 36.8 Å². The molecule has 0 bridgehead atoms. The molecule has 27 heavy (non-hydrogen) atoms. The normalized spacial score (nSPS) is 24.7. The van der Waals surface area contributed by atoms with Crippen LogP contribution in [0.15, 0.2) is 36.5 Å². The number of hydrogen-bond acceptors (Lipinski definition) is 6. The molecule has 1 aromatic heterocycles. The molecule has 0 unspecified atom stereocenters. The molecule has 2 atom stereocenters. The van der Waals surface area contributed by atoms with Crippen molar-refractivity contribution in [1.29, 1.82) is 0 Å². The third-order valence-corrected chi connectivity index (χ3v) is 6.56. The molecule has 2 saturated heterocycles. The second-order valence-corrected chi connectivity index (χ2v) is 8.85. The van der Waals surface area contributed by atoms with E-state index in [0.29, 0.717) is 25.2 Å². The number of aromatic nitrogens is 1. The van der Waals surface area contributed by atoms with E-state index in [1.807, 2.05) is 6.20 Å². The van der Waals surface area contributed by atoms with Crippen LogP contribution in [0.5, 0.6) is 0 Å². The monoisotopic (exact) mass is 387 g/mol. The lowest BCUT2D eigenvalue weighted by Crippen LogP contribution is -2.48. The van der Waals surface area contributed by atoms with Gasteiger partial charge in [-0.1, -0.05) is 37.3 Å². The van der Waals surface area contributed by atoms with Crippen molar-refractivity contribution in [3.05, 3.63) is 52.0 Å². The molecule has 2 aliphatic heterocycles. The first-order valence-electron chi connectivity index (χ1n) is 9.83. The average Bonchev–Trinajstić information content (AvgIpc) is 3.34. The van der Waals surface area contributed by atoms with Crippen LogP contribution >= 0.6 is 11.3 Å². The fourth-order valence-electron chi connectivity index (χ4n) is 4.23. The molecule has 146 valence electrons. The highest BCUT2D eigenvalue weighted by Gasteiger charge is 2.29. The van der Waals surface area contributed by atoms with Crippen LogP contribution in [0, 0.1) is 5.92 Å². The van der Waals surface area contributed by atoms with Crippen LogP contribution in [0.4, 0.5) is 0 Å². The SMILES string of the molecule is C[C@H]1CN(Cc2ccccc2)CC[C@H]1N(C)Cc1cnc(C2OCCO2)s1. The molecular weight excluding hydrogens is 358 g/mol. The summed E-state index contributed by atoms with van der Waals surface area (Å²) >= 11 is 1.71. The Morgan fingerprint density at radius 2 is 2.00 bits per heavy atom. The Morgan fingerprint density at radius 3 is 2.74 bits per heavy atom. The Labute approximate surface area is 165 Å². The highest BCUT2D eigenvalue weighted by Crippen LogP contribution is 2.29. The smallest absolute Gasteiger partial charge is 0.211 e. The van der Waals surface area contributed by atoms with E-state index in [0.717, 1.165) is 31.2 Å². The number of hydrogen-bond donors (Lipinski definition) is 0. The lowest BCUT2D eigenvalue weighted by molar-refractivity contribution is -0.0442. The predicted molar refractivity (Wildman–Crippen MR) is 108 cm³/mol. The maximum absolute atomic E-state index is 5.56. The molecule has 5 nitrogen and oxygen atoms in total. The first-order valence-corrected chi connectivity index (χ1v) is 10.6. The van der Waals surface area contributed by atoms with Gasteiger partial charge in [0.1, 0.15) is 5.01 Å². The largest absolute Gasteiger partial charge is 0.344 e. The quantitative estimate of drug-likeness (QED) is 0.758. The summed E-state index contributed by atoms with van der Waals surface area (Å²) in [5.74, 6) is 0.654. The molecule has 2 aromatic rings. The topological polar surface area (TPSA) is 37.8 Å². The summed E-state index contributed by atoms with van der Waals surface area (Å²) in [6, 6.07) is 11.4. The summed E-state index contributed by atoms with van der Waals surface area (Å²) < 4.78 is 11.1. The van der Waals surface area contributed by atoms with Crippen molar-refractivity contribution in [2.75, 3.05) is 33.4 Å². The molecule has 0 spiro atoms. The van der Waals surface area contributed by atoms with E-state index in [-0.39, 0.29) is 6.29 Å². The third kappa shape index (κ3) is 4.76. The van der Waals surface area contributed by atoms with Gasteiger partial charge in [-0.2, -0.15) is 0 Å². The predicted octanol–water partition coefficient (Wildman–Crippen LogP) is 3.53. The summed E-state index contributed by atoms with van der Waals surface area (Å²) in [5, 5.41) is 0.946. The fourth-order valence-corrected chi connectivity index (χ4v) is 5.21. The van der Waals surface area contributed by atoms with Crippen molar-refractivity contribution in [3.63, 3.8) is 0 Å². The highest BCUT2D eigenvalue weighted by molar-refractivity contribution is 7.11. The third-order valence-electron chi connectivity index (χ3n) is 5.56. The van der Waals surface area contributed by atoms with Gasteiger partial charge >= 0.3 is 0 Å². The van der Waals surface area contributed by atoms with Crippen LogP contribution in [-0.4, -0.2) is 54.2 Å². The summed E-state index contributed by atoms with van der Waals surface area (Å²) in [5.41, 5.74) is 1.41. The number of rotatable bonds is 6. The molecule has 6 heteroatoms. The molecule has 2 aliphatic rings. The van der Waals surface area contributed by atoms with Crippen molar-refractivity contribution in [2.24, 2.45) is 5.92 Å². The zero-order valence-electron chi connectivity index (χ0n) is 16.2. The Bertz CT molecular complexity index is 717. The van der Waals surface area contributed by atoms with Crippen LogP contribution in [0.1, 0.15) is 35.1 Å². The summed E-state index contributed by atoms with van der Waals surface area (Å²) in [6.45, 7) is 8.03. The first kappa shape index (κ1) is 19.0. The number of benzene rings is 1. The van der Waals surface area contributed by atoms with Gasteiger partial charge in [-0.15, -0.1) is 11.3 Å². The van der Waals surface area contributed by atoms with Crippen molar-refractivity contribution in [3.8, 4) is 0 Å². The van der Waals surface area contributed by atoms with Gasteiger partial charge in [-0.25, -0.2) is 4.98 Å². The van der Waals surface area contributed by atoms with Crippen LogP contribution in [0.3, 0.4) is 0 Å². The van der Waals surface area contributed by atoms with Crippen molar-refractivity contribution in [1.82, 2.24) is 14.8 Å². The standard InChI is InChI=1S/C21H29N3O2S/c1-16-13-24(14-17-6-4-3-5-7-17)9-8-19(16)23(2)15-18-12-22-20(27-18)21-25-10-11-26-21/h3-7,12,16,19,21H,8-11,13-15H2,1-2H3/t16-,19+/m0/s1. The summed E-state index contributed by atoms with van der Waals surface area (Å²) in [6.07, 6.45) is 2.94. The minimum atomic E-state index is -0.255. The van der Waals surface area contributed by atoms with Gasteiger partial charge in [-0.3, -0.25) is 9.80 Å².